The molecule has 0 nitrogen and oxygen atoms in total. The van der Waals surface area contributed by atoms with Crippen molar-refractivity contribution in [3.05, 3.63) is 9.89 Å². The van der Waals surface area contributed by atoms with Gasteiger partial charge in [0.25, 0.3) is 0 Å². The van der Waals surface area contributed by atoms with Crippen molar-refractivity contribution in [1.29, 1.82) is 0 Å². The second-order valence-electron chi connectivity index (χ2n) is 2.92. The van der Waals surface area contributed by atoms with Crippen LogP contribution in [-0.2, 0) is 0 Å². The second-order valence-corrected chi connectivity index (χ2v) is 5.14. The Hall–Kier alpha value is 0.570. The van der Waals surface area contributed by atoms with Gasteiger partial charge < -0.3 is 0 Å². The molecule has 0 amide bonds. The molecule has 0 aliphatic heterocycles. The molecule has 0 heterocycles. The Kier molecular flexibility index (Phi) is 10.1. The maximum atomic E-state index is 3.48. The summed E-state index contributed by atoms with van der Waals surface area (Å²) in [5.41, 5.74) is 0. The highest BCUT2D eigenvalue weighted by Crippen LogP contribution is 2.20. The molecule has 0 aliphatic carbocycles. The van der Waals surface area contributed by atoms with E-state index in [2.05, 4.69) is 35.2 Å². The fraction of sp³-hybridized carbons (Fsp3) is 0.800. The highest BCUT2D eigenvalue weighted by atomic mass is 79.9. The number of hydrogen-bond acceptors (Lipinski definition) is 1. The van der Waals surface area contributed by atoms with Crippen LogP contribution < -0.4 is 0 Å². The van der Waals surface area contributed by atoms with Crippen molar-refractivity contribution < 1.29 is 0 Å². The average Bonchev–Trinajstić information content (AvgIpc) is 2.10. The van der Waals surface area contributed by atoms with Gasteiger partial charge in [-0.2, -0.15) is 0 Å². The maximum Gasteiger partial charge on any atom is 0.0460 e. The summed E-state index contributed by atoms with van der Waals surface area (Å²) in [6, 6.07) is 0. The molecule has 0 bridgehead atoms. The average molecular weight is 251 g/mol. The van der Waals surface area contributed by atoms with Gasteiger partial charge in [-0.3, -0.25) is 0 Å². The third-order valence-corrected chi connectivity index (χ3v) is 3.66. The number of rotatable bonds is 7. The first kappa shape index (κ1) is 12.6. The molecule has 0 aromatic rings. The van der Waals surface area contributed by atoms with Crippen LogP contribution in [0.2, 0.25) is 0 Å². The van der Waals surface area contributed by atoms with E-state index in [4.69, 9.17) is 0 Å². The number of allylic oxidation sites excluding steroid dienone is 1. The Bertz CT molecular complexity index is 121. The molecule has 0 atom stereocenters. The van der Waals surface area contributed by atoms with Gasteiger partial charge in [0.2, 0.25) is 0 Å². The van der Waals surface area contributed by atoms with E-state index in [9.17, 15) is 0 Å². The first-order valence-electron chi connectivity index (χ1n) is 4.71. The van der Waals surface area contributed by atoms with Crippen LogP contribution in [0.1, 0.15) is 45.4 Å². The van der Waals surface area contributed by atoms with Crippen LogP contribution in [0.5, 0.6) is 0 Å². The van der Waals surface area contributed by atoms with E-state index in [1.807, 2.05) is 0 Å². The van der Waals surface area contributed by atoms with Gasteiger partial charge in [0.1, 0.15) is 0 Å². The second kappa shape index (κ2) is 9.66. The summed E-state index contributed by atoms with van der Waals surface area (Å²) in [4.78, 5) is 0. The molecule has 0 radical (unpaired) electrons. The van der Waals surface area contributed by atoms with E-state index in [1.165, 1.54) is 42.3 Å². The molecule has 0 aromatic carbocycles. The largest absolute Gasteiger partial charge is 0.122 e. The van der Waals surface area contributed by atoms with E-state index in [0.717, 1.165) is 0 Å². The molecule has 0 aliphatic rings. The third kappa shape index (κ3) is 8.66. The van der Waals surface area contributed by atoms with Gasteiger partial charge in [-0.15, -0.1) is 11.8 Å². The minimum atomic E-state index is 1.23. The number of unbranched alkanes of at least 4 members (excludes halogenated alkanes) is 5. The zero-order valence-electron chi connectivity index (χ0n) is 8.11. The summed E-state index contributed by atoms with van der Waals surface area (Å²) in [6.45, 7) is 2.25. The molecular formula is C10H19BrS. The maximum absolute atomic E-state index is 3.48. The Morgan fingerprint density at radius 1 is 1.25 bits per heavy atom. The van der Waals surface area contributed by atoms with Gasteiger partial charge in [0.15, 0.2) is 0 Å². The lowest BCUT2D eigenvalue weighted by atomic mass is 10.1. The Labute approximate surface area is 89.3 Å². The summed E-state index contributed by atoms with van der Waals surface area (Å²) in [5.74, 6) is 0. The van der Waals surface area contributed by atoms with Crippen molar-refractivity contribution in [2.24, 2.45) is 0 Å². The van der Waals surface area contributed by atoms with Crippen molar-refractivity contribution in [3.8, 4) is 0 Å². The summed E-state index contributed by atoms with van der Waals surface area (Å²) in [6.07, 6.45) is 12.5. The zero-order chi connectivity index (χ0) is 9.23. The molecule has 72 valence electrons. The predicted octanol–water partition coefficient (Wildman–Crippen LogP) is 4.95. The fourth-order valence-electron chi connectivity index (χ4n) is 1.05. The number of halogens is 1. The van der Waals surface area contributed by atoms with Gasteiger partial charge in [0, 0.05) is 3.81 Å². The lowest BCUT2D eigenvalue weighted by Crippen LogP contribution is -1.76. The van der Waals surface area contributed by atoms with E-state index < -0.39 is 0 Å². The van der Waals surface area contributed by atoms with Gasteiger partial charge >= 0.3 is 0 Å². The summed E-state index contributed by atoms with van der Waals surface area (Å²) in [5, 5.41) is 0. The quantitative estimate of drug-likeness (QED) is 0.577. The van der Waals surface area contributed by atoms with Crippen molar-refractivity contribution in [3.63, 3.8) is 0 Å². The van der Waals surface area contributed by atoms with Crippen LogP contribution in [0, 0.1) is 0 Å². The fourth-order valence-corrected chi connectivity index (χ4v) is 1.56. The first-order valence-corrected chi connectivity index (χ1v) is 6.72. The molecule has 0 saturated heterocycles. The predicted molar refractivity (Wildman–Crippen MR) is 63.9 cm³/mol. The van der Waals surface area contributed by atoms with Crippen LogP contribution in [0.15, 0.2) is 9.89 Å². The number of hydrogen-bond donors (Lipinski definition) is 0. The molecular weight excluding hydrogens is 232 g/mol. The van der Waals surface area contributed by atoms with Crippen LogP contribution in [0.3, 0.4) is 0 Å². The Balaban J connectivity index is 3.10. The van der Waals surface area contributed by atoms with E-state index in [-0.39, 0.29) is 0 Å². The van der Waals surface area contributed by atoms with Crippen molar-refractivity contribution in [2.75, 3.05) is 6.26 Å². The van der Waals surface area contributed by atoms with Crippen molar-refractivity contribution in [1.82, 2.24) is 0 Å². The summed E-state index contributed by atoms with van der Waals surface area (Å²) >= 11 is 5.25. The molecule has 0 rings (SSSR count). The minimum absolute atomic E-state index is 1.23. The van der Waals surface area contributed by atoms with E-state index in [1.54, 1.807) is 11.8 Å². The molecule has 0 spiro atoms. The van der Waals surface area contributed by atoms with Crippen molar-refractivity contribution in [2.45, 2.75) is 45.4 Å². The first-order chi connectivity index (χ1) is 5.81. The summed E-state index contributed by atoms with van der Waals surface area (Å²) in [7, 11) is 0. The zero-order valence-corrected chi connectivity index (χ0v) is 10.5. The topological polar surface area (TPSA) is 0 Å². The van der Waals surface area contributed by atoms with Gasteiger partial charge in [-0.1, -0.05) is 38.7 Å². The van der Waals surface area contributed by atoms with Gasteiger partial charge in [0.05, 0.1) is 0 Å². The Morgan fingerprint density at radius 3 is 2.50 bits per heavy atom. The highest BCUT2D eigenvalue weighted by molar-refractivity contribution is 9.14. The molecule has 0 aromatic heterocycles. The monoisotopic (exact) mass is 250 g/mol. The Morgan fingerprint density at radius 2 is 1.92 bits per heavy atom. The highest BCUT2D eigenvalue weighted by Gasteiger charge is 1.89. The van der Waals surface area contributed by atoms with Crippen LogP contribution >= 0.6 is 27.7 Å². The van der Waals surface area contributed by atoms with E-state index in [0.29, 0.717) is 0 Å². The lowest BCUT2D eigenvalue weighted by Gasteiger charge is -1.96. The van der Waals surface area contributed by atoms with Gasteiger partial charge in [-0.05, 0) is 35.0 Å². The molecule has 0 fully saturated rings. The lowest BCUT2D eigenvalue weighted by molar-refractivity contribution is 0.637. The number of thioether (sulfide) groups is 1. The van der Waals surface area contributed by atoms with Crippen LogP contribution in [0.25, 0.3) is 0 Å². The van der Waals surface area contributed by atoms with Crippen LogP contribution in [-0.4, -0.2) is 6.26 Å². The molecule has 2 heteroatoms. The van der Waals surface area contributed by atoms with Crippen molar-refractivity contribution >= 4 is 27.7 Å². The third-order valence-electron chi connectivity index (χ3n) is 1.81. The normalized spacial score (nSPS) is 12.1. The van der Waals surface area contributed by atoms with Crippen LogP contribution in [0.4, 0.5) is 0 Å². The SMILES string of the molecule is CCCCCCC/C=C(/Br)SC. The molecule has 0 unspecified atom stereocenters. The smallest absolute Gasteiger partial charge is 0.0460 e. The molecule has 0 saturated carbocycles. The van der Waals surface area contributed by atoms with E-state index >= 15 is 0 Å². The van der Waals surface area contributed by atoms with Gasteiger partial charge in [-0.25, -0.2) is 0 Å². The standard InChI is InChI=1S/C10H19BrS/c1-3-4-5-6-7-8-9-10(11)12-2/h9H,3-8H2,1-2H3/b10-9-. The minimum Gasteiger partial charge on any atom is -0.122 e. The summed E-state index contributed by atoms with van der Waals surface area (Å²) < 4.78 is 1.28. The molecule has 0 N–H and O–H groups in total. The molecule has 12 heavy (non-hydrogen) atoms.